The summed E-state index contributed by atoms with van der Waals surface area (Å²) in [5.74, 6) is -1.76. The fraction of sp³-hybridized carbons (Fsp3) is 0.158. The van der Waals surface area contributed by atoms with E-state index in [9.17, 15) is 14.4 Å². The van der Waals surface area contributed by atoms with E-state index < -0.39 is 23.9 Å². The first-order valence-corrected chi connectivity index (χ1v) is 8.22. The number of hydrogen-bond acceptors (Lipinski definition) is 6. The number of rotatable bonds is 5. The molecule has 1 aromatic heterocycles. The van der Waals surface area contributed by atoms with Gasteiger partial charge in [-0.15, -0.1) is 0 Å². The zero-order valence-corrected chi connectivity index (χ0v) is 14.5. The maximum Gasteiger partial charge on any atom is 0.312 e. The van der Waals surface area contributed by atoms with Gasteiger partial charge in [0.2, 0.25) is 0 Å². The Kier molecular flexibility index (Phi) is 5.46. The Morgan fingerprint density at radius 1 is 1.04 bits per heavy atom. The van der Waals surface area contributed by atoms with Crippen molar-refractivity contribution in [2.24, 2.45) is 0 Å². The minimum Gasteiger partial charge on any atom is -0.452 e. The number of carbonyl (C=O) groups is 3. The maximum atomic E-state index is 12.1. The molecule has 0 aliphatic rings. The second-order valence-corrected chi connectivity index (χ2v) is 5.74. The van der Waals surface area contributed by atoms with Crippen molar-refractivity contribution in [3.8, 4) is 0 Å². The second-order valence-electron chi connectivity index (χ2n) is 5.74. The lowest BCUT2D eigenvalue weighted by molar-refractivity contribution is -0.154. The van der Waals surface area contributed by atoms with Crippen LogP contribution < -0.4 is 10.9 Å². The van der Waals surface area contributed by atoms with Gasteiger partial charge in [0.25, 0.3) is 11.8 Å². The molecule has 0 radical (unpaired) electrons. The van der Waals surface area contributed by atoms with Crippen molar-refractivity contribution in [2.45, 2.75) is 19.4 Å². The second kappa shape index (κ2) is 8.13. The highest BCUT2D eigenvalue weighted by Gasteiger charge is 2.20. The number of amides is 2. The van der Waals surface area contributed by atoms with Crippen molar-refractivity contribution in [1.29, 1.82) is 0 Å². The molecule has 3 aromatic rings. The van der Waals surface area contributed by atoms with E-state index in [0.29, 0.717) is 22.2 Å². The van der Waals surface area contributed by atoms with Crippen molar-refractivity contribution < 1.29 is 23.6 Å². The highest BCUT2D eigenvalue weighted by Crippen LogP contribution is 2.18. The van der Waals surface area contributed by atoms with Crippen molar-refractivity contribution in [1.82, 2.24) is 16.0 Å². The molecule has 2 amide bonds. The molecule has 2 aromatic carbocycles. The number of carbonyl (C=O) groups excluding carboxylic acids is 3. The van der Waals surface area contributed by atoms with Crippen molar-refractivity contribution in [3.63, 3.8) is 0 Å². The quantitative estimate of drug-likeness (QED) is 0.525. The Bertz CT molecular complexity index is 968. The summed E-state index contributed by atoms with van der Waals surface area (Å²) in [7, 11) is 0. The first-order chi connectivity index (χ1) is 13.0. The molecule has 8 nitrogen and oxygen atoms in total. The highest BCUT2D eigenvalue weighted by molar-refractivity contribution is 5.96. The largest absolute Gasteiger partial charge is 0.452 e. The average molecular weight is 367 g/mol. The van der Waals surface area contributed by atoms with Gasteiger partial charge >= 0.3 is 5.97 Å². The highest BCUT2D eigenvalue weighted by atomic mass is 16.5. The molecule has 0 bridgehead atoms. The molecule has 8 heteroatoms. The molecule has 0 fully saturated rings. The van der Waals surface area contributed by atoms with Gasteiger partial charge in [-0.1, -0.05) is 35.5 Å². The van der Waals surface area contributed by atoms with Crippen LogP contribution in [0.2, 0.25) is 0 Å². The van der Waals surface area contributed by atoms with Gasteiger partial charge in [-0.3, -0.25) is 25.2 Å². The third kappa shape index (κ3) is 4.49. The predicted octanol–water partition coefficient (Wildman–Crippen LogP) is 1.76. The van der Waals surface area contributed by atoms with E-state index in [0.717, 1.165) is 0 Å². The Morgan fingerprint density at radius 3 is 2.52 bits per heavy atom. The van der Waals surface area contributed by atoms with Crippen molar-refractivity contribution in [2.75, 3.05) is 0 Å². The lowest BCUT2D eigenvalue weighted by Gasteiger charge is -2.13. The molecule has 138 valence electrons. The first-order valence-electron chi connectivity index (χ1n) is 8.22. The number of nitrogens with zero attached hydrogens (tertiary/aromatic N) is 1. The zero-order chi connectivity index (χ0) is 19.2. The van der Waals surface area contributed by atoms with Gasteiger partial charge in [-0.25, -0.2) is 0 Å². The van der Waals surface area contributed by atoms with Crippen LogP contribution in [-0.2, 0) is 20.7 Å². The van der Waals surface area contributed by atoms with Gasteiger partial charge in [-0.05, 0) is 31.2 Å². The number of para-hydroxylation sites is 1. The number of fused-ring (bicyclic) bond motifs is 1. The van der Waals surface area contributed by atoms with Crippen molar-refractivity contribution in [3.05, 3.63) is 65.9 Å². The Hall–Kier alpha value is -3.68. The number of nitrogens with one attached hydrogen (secondary N) is 2. The fourth-order valence-electron chi connectivity index (χ4n) is 2.38. The summed E-state index contributed by atoms with van der Waals surface area (Å²) in [5, 5.41) is 4.56. The lowest BCUT2D eigenvalue weighted by Crippen LogP contribution is -2.46. The van der Waals surface area contributed by atoms with Gasteiger partial charge in [-0.2, -0.15) is 0 Å². The molecule has 0 saturated heterocycles. The summed E-state index contributed by atoms with van der Waals surface area (Å²) >= 11 is 0. The topological polar surface area (TPSA) is 111 Å². The molecule has 1 heterocycles. The summed E-state index contributed by atoms with van der Waals surface area (Å²) < 4.78 is 10.2. The number of hydrazine groups is 1. The van der Waals surface area contributed by atoms with E-state index in [4.69, 9.17) is 9.26 Å². The summed E-state index contributed by atoms with van der Waals surface area (Å²) in [5.41, 5.74) is 5.88. The smallest absolute Gasteiger partial charge is 0.312 e. The van der Waals surface area contributed by atoms with Gasteiger partial charge in [0, 0.05) is 10.9 Å². The van der Waals surface area contributed by atoms with E-state index in [1.807, 2.05) is 0 Å². The van der Waals surface area contributed by atoms with Crippen LogP contribution in [0.5, 0.6) is 0 Å². The van der Waals surface area contributed by atoms with Crippen LogP contribution >= 0.6 is 0 Å². The SMILES string of the molecule is C[C@@H](OC(=O)Cc1noc2ccccc12)C(=O)NNC(=O)c1ccccc1. The number of benzene rings is 2. The molecule has 3 rings (SSSR count). The third-order valence-electron chi connectivity index (χ3n) is 3.78. The van der Waals surface area contributed by atoms with Crippen LogP contribution in [0.25, 0.3) is 11.0 Å². The molecule has 0 aliphatic heterocycles. The zero-order valence-electron chi connectivity index (χ0n) is 14.5. The molecule has 0 unspecified atom stereocenters. The summed E-state index contributed by atoms with van der Waals surface area (Å²) in [4.78, 5) is 35.9. The van der Waals surface area contributed by atoms with Gasteiger partial charge in [0.15, 0.2) is 11.7 Å². The average Bonchev–Trinajstić information content (AvgIpc) is 3.09. The number of ether oxygens (including phenoxy) is 1. The van der Waals surface area contributed by atoms with Gasteiger partial charge in [0.05, 0.1) is 6.42 Å². The summed E-state index contributed by atoms with van der Waals surface area (Å²) in [6, 6.07) is 15.5. The number of hydrogen-bond donors (Lipinski definition) is 2. The van der Waals surface area contributed by atoms with E-state index >= 15 is 0 Å². The predicted molar refractivity (Wildman–Crippen MR) is 95.3 cm³/mol. The third-order valence-corrected chi connectivity index (χ3v) is 3.78. The van der Waals surface area contributed by atoms with Crippen LogP contribution in [0, 0.1) is 0 Å². The monoisotopic (exact) mass is 367 g/mol. The summed E-state index contributed by atoms with van der Waals surface area (Å²) in [6.45, 7) is 1.41. The lowest BCUT2D eigenvalue weighted by atomic mass is 10.2. The van der Waals surface area contributed by atoms with Gasteiger partial charge in [0.1, 0.15) is 5.69 Å². The standard InChI is InChI=1S/C19H17N3O5/c1-12(18(24)20-21-19(25)13-7-3-2-4-8-13)26-17(23)11-15-14-9-5-6-10-16(14)27-22-15/h2-10,12H,11H2,1H3,(H,20,24)(H,21,25)/t12-/m1/s1. The molecule has 0 aliphatic carbocycles. The molecular weight excluding hydrogens is 350 g/mol. The van der Waals surface area contributed by atoms with Crippen LogP contribution in [-0.4, -0.2) is 29.0 Å². The van der Waals surface area contributed by atoms with Crippen LogP contribution in [0.3, 0.4) is 0 Å². The molecule has 1 atom stereocenters. The van der Waals surface area contributed by atoms with E-state index in [1.54, 1.807) is 54.6 Å². The number of aromatic nitrogens is 1. The Morgan fingerprint density at radius 2 is 1.74 bits per heavy atom. The van der Waals surface area contributed by atoms with E-state index in [1.165, 1.54) is 6.92 Å². The minimum absolute atomic E-state index is 0.134. The Balaban J connectivity index is 1.50. The summed E-state index contributed by atoms with van der Waals surface area (Å²) in [6.07, 6.45) is -1.22. The molecule has 0 saturated carbocycles. The van der Waals surface area contributed by atoms with Gasteiger partial charge < -0.3 is 9.26 Å². The molecular formula is C19H17N3O5. The molecule has 2 N–H and O–H groups in total. The van der Waals surface area contributed by atoms with Crippen LogP contribution in [0.1, 0.15) is 23.0 Å². The minimum atomic E-state index is -1.09. The van der Waals surface area contributed by atoms with E-state index in [-0.39, 0.29) is 6.42 Å². The van der Waals surface area contributed by atoms with Crippen molar-refractivity contribution >= 4 is 28.8 Å². The van der Waals surface area contributed by atoms with Crippen LogP contribution in [0.4, 0.5) is 0 Å². The maximum absolute atomic E-state index is 12.1. The normalized spacial score (nSPS) is 11.6. The fourth-order valence-corrected chi connectivity index (χ4v) is 2.38. The van der Waals surface area contributed by atoms with E-state index in [2.05, 4.69) is 16.0 Å². The molecule has 27 heavy (non-hydrogen) atoms. The molecule has 0 spiro atoms. The Labute approximate surface area is 154 Å². The first kappa shape index (κ1) is 18.1. The number of esters is 1. The van der Waals surface area contributed by atoms with Crippen LogP contribution in [0.15, 0.2) is 59.1 Å².